The summed E-state index contributed by atoms with van der Waals surface area (Å²) in [4.78, 5) is 2.49. The highest BCUT2D eigenvalue weighted by atomic mass is 19.1. The Hall–Kier alpha value is -0.930. The van der Waals surface area contributed by atoms with E-state index in [0.29, 0.717) is 6.54 Å². The van der Waals surface area contributed by atoms with Gasteiger partial charge in [-0.3, -0.25) is 4.90 Å². The second-order valence-corrected chi connectivity index (χ2v) is 6.02. The highest BCUT2D eigenvalue weighted by molar-refractivity contribution is 5.19. The molecule has 2 nitrogen and oxygen atoms in total. The van der Waals surface area contributed by atoms with Crippen LogP contribution in [-0.4, -0.2) is 30.1 Å². The summed E-state index contributed by atoms with van der Waals surface area (Å²) in [6, 6.07) is 6.89. The zero-order valence-electron chi connectivity index (χ0n) is 12.0. The minimum absolute atomic E-state index is 0.0578. The molecule has 0 amide bonds. The molecule has 1 aromatic carbocycles. The second-order valence-electron chi connectivity index (χ2n) is 6.02. The van der Waals surface area contributed by atoms with Crippen LogP contribution in [0.2, 0.25) is 0 Å². The fraction of sp³-hybridized carbons (Fsp3) is 0.625. The van der Waals surface area contributed by atoms with Crippen molar-refractivity contribution < 1.29 is 4.39 Å². The molecule has 1 saturated heterocycles. The Morgan fingerprint density at radius 3 is 2.84 bits per heavy atom. The van der Waals surface area contributed by atoms with Crippen LogP contribution in [0.25, 0.3) is 0 Å². The lowest BCUT2D eigenvalue weighted by Crippen LogP contribution is -2.52. The van der Waals surface area contributed by atoms with E-state index in [1.807, 2.05) is 6.07 Å². The van der Waals surface area contributed by atoms with Gasteiger partial charge in [-0.1, -0.05) is 25.5 Å². The molecule has 0 radical (unpaired) electrons. The van der Waals surface area contributed by atoms with E-state index in [2.05, 4.69) is 18.7 Å². The van der Waals surface area contributed by atoms with Crippen LogP contribution in [0.5, 0.6) is 0 Å². The molecule has 2 atom stereocenters. The molecule has 1 fully saturated rings. The molecule has 1 aromatic rings. The summed E-state index contributed by atoms with van der Waals surface area (Å²) in [5.41, 5.74) is 7.00. The van der Waals surface area contributed by atoms with Crippen molar-refractivity contribution in [3.63, 3.8) is 0 Å². The van der Waals surface area contributed by atoms with Crippen LogP contribution in [-0.2, 0) is 6.42 Å². The first kappa shape index (κ1) is 14.5. The molecule has 2 N–H and O–H groups in total. The Morgan fingerprint density at radius 2 is 2.26 bits per heavy atom. The maximum atomic E-state index is 13.3. The van der Waals surface area contributed by atoms with Gasteiger partial charge in [-0.15, -0.1) is 0 Å². The van der Waals surface area contributed by atoms with E-state index in [1.165, 1.54) is 18.9 Å². The standard InChI is InChI=1S/C16H25FN2/c1-3-13-7-8-19(11-13)16(2,12-18)10-14-5-4-6-15(17)9-14/h4-6,9,13H,3,7-8,10-12,18H2,1-2H3. The fourth-order valence-electron chi connectivity index (χ4n) is 3.06. The summed E-state index contributed by atoms with van der Waals surface area (Å²) in [5, 5.41) is 0. The third-order valence-electron chi connectivity index (χ3n) is 4.54. The zero-order valence-corrected chi connectivity index (χ0v) is 12.0. The lowest BCUT2D eigenvalue weighted by Gasteiger charge is -2.38. The van der Waals surface area contributed by atoms with E-state index in [-0.39, 0.29) is 11.4 Å². The minimum Gasteiger partial charge on any atom is -0.329 e. The Labute approximate surface area is 115 Å². The van der Waals surface area contributed by atoms with Gasteiger partial charge in [0, 0.05) is 18.6 Å². The molecule has 3 heteroatoms. The van der Waals surface area contributed by atoms with Crippen molar-refractivity contribution >= 4 is 0 Å². The number of nitrogens with two attached hydrogens (primary N) is 1. The zero-order chi connectivity index (χ0) is 13.9. The van der Waals surface area contributed by atoms with Crippen molar-refractivity contribution in [2.24, 2.45) is 11.7 Å². The van der Waals surface area contributed by atoms with Crippen molar-refractivity contribution in [1.82, 2.24) is 4.90 Å². The predicted molar refractivity (Wildman–Crippen MR) is 77.5 cm³/mol. The van der Waals surface area contributed by atoms with Gasteiger partial charge in [0.25, 0.3) is 0 Å². The normalized spacial score (nSPS) is 23.5. The number of hydrogen-bond donors (Lipinski definition) is 1. The first-order valence-corrected chi connectivity index (χ1v) is 7.27. The van der Waals surface area contributed by atoms with Crippen LogP contribution >= 0.6 is 0 Å². The van der Waals surface area contributed by atoms with Gasteiger partial charge in [0.15, 0.2) is 0 Å². The Balaban J connectivity index is 2.10. The van der Waals surface area contributed by atoms with Crippen molar-refractivity contribution in [2.45, 2.75) is 38.6 Å². The van der Waals surface area contributed by atoms with Crippen molar-refractivity contribution in [3.8, 4) is 0 Å². The van der Waals surface area contributed by atoms with Crippen LogP contribution in [0.4, 0.5) is 4.39 Å². The number of likely N-dealkylation sites (tertiary alicyclic amines) is 1. The Kier molecular flexibility index (Phi) is 4.58. The van der Waals surface area contributed by atoms with Crippen molar-refractivity contribution in [2.75, 3.05) is 19.6 Å². The summed E-state index contributed by atoms with van der Waals surface area (Å²) >= 11 is 0. The van der Waals surface area contributed by atoms with Gasteiger partial charge in [-0.2, -0.15) is 0 Å². The van der Waals surface area contributed by atoms with Gasteiger partial charge in [-0.05, 0) is 49.9 Å². The Bertz CT molecular complexity index is 421. The highest BCUT2D eigenvalue weighted by Gasteiger charge is 2.35. The molecule has 1 aliphatic heterocycles. The van der Waals surface area contributed by atoms with Crippen LogP contribution in [0.1, 0.15) is 32.3 Å². The maximum Gasteiger partial charge on any atom is 0.123 e. The monoisotopic (exact) mass is 264 g/mol. The number of halogens is 1. The smallest absolute Gasteiger partial charge is 0.123 e. The average Bonchev–Trinajstić information content (AvgIpc) is 2.88. The second kappa shape index (κ2) is 6.02. The molecular weight excluding hydrogens is 239 g/mol. The lowest BCUT2D eigenvalue weighted by atomic mass is 9.91. The van der Waals surface area contributed by atoms with Gasteiger partial charge in [0.2, 0.25) is 0 Å². The molecule has 0 spiro atoms. The summed E-state index contributed by atoms with van der Waals surface area (Å²) in [7, 11) is 0. The van der Waals surface area contributed by atoms with Gasteiger partial charge >= 0.3 is 0 Å². The molecule has 0 aromatic heterocycles. The van der Waals surface area contributed by atoms with Crippen LogP contribution in [0.3, 0.4) is 0 Å². The number of nitrogens with zero attached hydrogens (tertiary/aromatic N) is 1. The van der Waals surface area contributed by atoms with E-state index < -0.39 is 0 Å². The molecule has 0 aliphatic carbocycles. The van der Waals surface area contributed by atoms with Crippen molar-refractivity contribution in [1.29, 1.82) is 0 Å². The minimum atomic E-state index is -0.162. The molecule has 0 saturated carbocycles. The first-order chi connectivity index (χ1) is 9.07. The van der Waals surface area contributed by atoms with Gasteiger partial charge < -0.3 is 5.73 Å². The summed E-state index contributed by atoms with van der Waals surface area (Å²) in [6.07, 6.45) is 3.31. The van der Waals surface area contributed by atoms with E-state index in [1.54, 1.807) is 12.1 Å². The molecule has 2 unspecified atom stereocenters. The topological polar surface area (TPSA) is 29.3 Å². The van der Waals surface area contributed by atoms with Crippen molar-refractivity contribution in [3.05, 3.63) is 35.6 Å². The Morgan fingerprint density at radius 1 is 1.47 bits per heavy atom. The molecule has 106 valence electrons. The largest absolute Gasteiger partial charge is 0.329 e. The molecule has 1 heterocycles. The van der Waals surface area contributed by atoms with E-state index in [0.717, 1.165) is 31.0 Å². The van der Waals surface area contributed by atoms with Gasteiger partial charge in [-0.25, -0.2) is 4.39 Å². The van der Waals surface area contributed by atoms with Crippen LogP contribution in [0.15, 0.2) is 24.3 Å². The van der Waals surface area contributed by atoms with Gasteiger partial charge in [0.05, 0.1) is 0 Å². The van der Waals surface area contributed by atoms with E-state index in [9.17, 15) is 4.39 Å². The SMILES string of the molecule is CCC1CCN(C(C)(CN)Cc2cccc(F)c2)C1. The molecule has 1 aliphatic rings. The number of rotatable bonds is 5. The van der Waals surface area contributed by atoms with Gasteiger partial charge in [0.1, 0.15) is 5.82 Å². The van der Waals surface area contributed by atoms with E-state index in [4.69, 9.17) is 5.73 Å². The molecule has 2 rings (SSSR count). The highest BCUT2D eigenvalue weighted by Crippen LogP contribution is 2.28. The van der Waals surface area contributed by atoms with E-state index >= 15 is 0 Å². The molecule has 0 bridgehead atoms. The summed E-state index contributed by atoms with van der Waals surface area (Å²) < 4.78 is 13.3. The number of benzene rings is 1. The lowest BCUT2D eigenvalue weighted by molar-refractivity contribution is 0.136. The molecule has 19 heavy (non-hydrogen) atoms. The number of hydrogen-bond acceptors (Lipinski definition) is 2. The summed E-state index contributed by atoms with van der Waals surface area (Å²) in [5.74, 6) is 0.628. The first-order valence-electron chi connectivity index (χ1n) is 7.27. The average molecular weight is 264 g/mol. The predicted octanol–water partition coefficient (Wildman–Crippen LogP) is 2.82. The van der Waals surface area contributed by atoms with Crippen LogP contribution < -0.4 is 5.73 Å². The van der Waals surface area contributed by atoms with Crippen LogP contribution in [0, 0.1) is 11.7 Å². The third kappa shape index (κ3) is 3.34. The maximum absolute atomic E-state index is 13.3. The fourth-order valence-corrected chi connectivity index (χ4v) is 3.06. The molecular formula is C16H25FN2. The quantitative estimate of drug-likeness (QED) is 0.886. The summed E-state index contributed by atoms with van der Waals surface area (Å²) in [6.45, 7) is 7.30. The third-order valence-corrected chi connectivity index (χ3v) is 4.54.